The lowest BCUT2D eigenvalue weighted by Gasteiger charge is -2.06. The van der Waals surface area contributed by atoms with Crippen LogP contribution in [0.2, 0.25) is 0 Å². The first-order chi connectivity index (χ1) is 10.0. The Morgan fingerprint density at radius 1 is 1.33 bits per heavy atom. The van der Waals surface area contributed by atoms with E-state index in [-0.39, 0.29) is 5.56 Å². The molecular formula is C15H13BrN2O2S. The minimum Gasteiger partial charge on any atom is -0.496 e. The maximum atomic E-state index is 12.3. The van der Waals surface area contributed by atoms with Gasteiger partial charge in [-0.05, 0) is 53.5 Å². The van der Waals surface area contributed by atoms with Crippen molar-refractivity contribution < 1.29 is 4.74 Å². The second-order valence-corrected chi connectivity index (χ2v) is 6.78. The molecule has 0 saturated carbocycles. The molecule has 3 aromatic rings. The largest absolute Gasteiger partial charge is 0.496 e. The number of hydrogen-bond acceptors (Lipinski definition) is 4. The maximum Gasteiger partial charge on any atom is 0.260 e. The molecule has 108 valence electrons. The van der Waals surface area contributed by atoms with Crippen LogP contribution in [-0.2, 0) is 0 Å². The van der Waals surface area contributed by atoms with Gasteiger partial charge in [0, 0.05) is 10.4 Å². The van der Waals surface area contributed by atoms with Gasteiger partial charge in [-0.2, -0.15) is 0 Å². The number of ether oxygens (including phenoxy) is 1. The van der Waals surface area contributed by atoms with Crippen LogP contribution in [0.1, 0.15) is 10.4 Å². The number of fused-ring (bicyclic) bond motifs is 1. The van der Waals surface area contributed by atoms with E-state index in [4.69, 9.17) is 4.74 Å². The highest BCUT2D eigenvalue weighted by Crippen LogP contribution is 2.31. The van der Waals surface area contributed by atoms with Crippen molar-refractivity contribution in [3.8, 4) is 17.1 Å². The molecular weight excluding hydrogens is 352 g/mol. The minimum absolute atomic E-state index is 0.0937. The predicted octanol–water partition coefficient (Wildman–Crippen LogP) is 4.04. The zero-order valence-electron chi connectivity index (χ0n) is 11.8. The zero-order chi connectivity index (χ0) is 15.1. The van der Waals surface area contributed by atoms with Crippen LogP contribution in [0.4, 0.5) is 0 Å². The van der Waals surface area contributed by atoms with Crippen LogP contribution in [0.25, 0.3) is 21.6 Å². The van der Waals surface area contributed by atoms with Gasteiger partial charge in [-0.15, -0.1) is 11.3 Å². The van der Waals surface area contributed by atoms with Crippen LogP contribution in [0.3, 0.4) is 0 Å². The van der Waals surface area contributed by atoms with Crippen molar-refractivity contribution >= 4 is 37.5 Å². The summed E-state index contributed by atoms with van der Waals surface area (Å²) >= 11 is 4.99. The van der Waals surface area contributed by atoms with E-state index in [2.05, 4.69) is 25.9 Å². The molecule has 2 heterocycles. The first-order valence-corrected chi connectivity index (χ1v) is 7.96. The van der Waals surface area contributed by atoms with Crippen molar-refractivity contribution in [2.75, 3.05) is 7.11 Å². The summed E-state index contributed by atoms with van der Waals surface area (Å²) in [6.07, 6.45) is 0. The summed E-state index contributed by atoms with van der Waals surface area (Å²) < 4.78 is 6.03. The summed E-state index contributed by atoms with van der Waals surface area (Å²) in [5.74, 6) is 1.31. The Hall–Kier alpha value is -1.66. The molecule has 0 aliphatic rings. The number of aromatic nitrogens is 2. The van der Waals surface area contributed by atoms with Gasteiger partial charge in [0.15, 0.2) is 0 Å². The number of aryl methyl sites for hydroxylation is 2. The summed E-state index contributed by atoms with van der Waals surface area (Å²) in [7, 11) is 1.61. The average molecular weight is 365 g/mol. The Bertz CT molecular complexity index is 899. The molecule has 0 aliphatic heterocycles. The number of thiophene rings is 1. The highest BCUT2D eigenvalue weighted by Gasteiger charge is 2.13. The summed E-state index contributed by atoms with van der Waals surface area (Å²) in [6.45, 7) is 3.96. The first kappa shape index (κ1) is 14.3. The Morgan fingerprint density at radius 2 is 2.10 bits per heavy atom. The number of H-pyrrole nitrogens is 1. The Balaban J connectivity index is 2.22. The quantitative estimate of drug-likeness (QED) is 0.746. The monoisotopic (exact) mass is 364 g/mol. The molecule has 0 fully saturated rings. The summed E-state index contributed by atoms with van der Waals surface area (Å²) in [6, 6.07) is 5.60. The molecule has 1 aromatic carbocycles. The van der Waals surface area contributed by atoms with Crippen molar-refractivity contribution in [2.45, 2.75) is 13.8 Å². The lowest BCUT2D eigenvalue weighted by molar-refractivity contribution is 0.412. The van der Waals surface area contributed by atoms with E-state index in [1.54, 1.807) is 18.4 Å². The third-order valence-electron chi connectivity index (χ3n) is 3.46. The van der Waals surface area contributed by atoms with Gasteiger partial charge in [0.1, 0.15) is 16.4 Å². The second kappa shape index (κ2) is 5.27. The van der Waals surface area contributed by atoms with Crippen molar-refractivity contribution in [3.63, 3.8) is 0 Å². The van der Waals surface area contributed by atoms with Gasteiger partial charge in [0.2, 0.25) is 0 Å². The Kier molecular flexibility index (Phi) is 3.59. The van der Waals surface area contributed by atoms with Gasteiger partial charge in [-0.1, -0.05) is 0 Å². The number of halogens is 1. The van der Waals surface area contributed by atoms with E-state index in [1.165, 1.54) is 0 Å². The van der Waals surface area contributed by atoms with Gasteiger partial charge in [-0.25, -0.2) is 4.98 Å². The summed E-state index contributed by atoms with van der Waals surface area (Å²) in [5, 5.41) is 0.689. The van der Waals surface area contributed by atoms with Crippen LogP contribution in [0.15, 0.2) is 27.5 Å². The molecule has 3 rings (SSSR count). The summed E-state index contributed by atoms with van der Waals surface area (Å²) in [5.41, 5.74) is 1.75. The van der Waals surface area contributed by atoms with Crippen LogP contribution in [-0.4, -0.2) is 17.1 Å². The molecule has 0 spiro atoms. The van der Waals surface area contributed by atoms with Crippen LogP contribution in [0, 0.1) is 13.8 Å². The molecule has 0 unspecified atom stereocenters. The highest BCUT2D eigenvalue weighted by molar-refractivity contribution is 9.10. The van der Waals surface area contributed by atoms with Crippen LogP contribution >= 0.6 is 27.3 Å². The lowest BCUT2D eigenvalue weighted by atomic mass is 10.2. The van der Waals surface area contributed by atoms with Crippen LogP contribution in [0.5, 0.6) is 5.75 Å². The smallest absolute Gasteiger partial charge is 0.260 e. The van der Waals surface area contributed by atoms with E-state index < -0.39 is 0 Å². The van der Waals surface area contributed by atoms with Crippen molar-refractivity contribution in [1.29, 1.82) is 0 Å². The Labute approximate surface area is 133 Å². The topological polar surface area (TPSA) is 55.0 Å². The van der Waals surface area contributed by atoms with E-state index in [1.807, 2.05) is 32.0 Å². The van der Waals surface area contributed by atoms with Gasteiger partial charge in [0.05, 0.1) is 17.0 Å². The molecule has 0 bridgehead atoms. The zero-order valence-corrected chi connectivity index (χ0v) is 14.2. The van der Waals surface area contributed by atoms with Gasteiger partial charge in [0.25, 0.3) is 5.56 Å². The van der Waals surface area contributed by atoms with Crippen molar-refractivity contribution in [1.82, 2.24) is 9.97 Å². The number of rotatable bonds is 2. The lowest BCUT2D eigenvalue weighted by Crippen LogP contribution is -2.09. The fourth-order valence-corrected chi connectivity index (χ4v) is 3.78. The molecule has 2 aromatic heterocycles. The number of methoxy groups -OCH3 is 1. The Morgan fingerprint density at radius 3 is 2.76 bits per heavy atom. The SMILES string of the molecule is COc1ccc(-c2nc3sc(C)c(C)c3c(=O)[nH]2)cc1Br. The van der Waals surface area contributed by atoms with E-state index in [9.17, 15) is 4.79 Å². The number of nitrogens with zero attached hydrogens (tertiary/aromatic N) is 1. The average Bonchev–Trinajstić information content (AvgIpc) is 2.74. The molecule has 1 N–H and O–H groups in total. The van der Waals surface area contributed by atoms with E-state index in [0.717, 1.165) is 31.1 Å². The molecule has 0 radical (unpaired) electrons. The van der Waals surface area contributed by atoms with E-state index >= 15 is 0 Å². The highest BCUT2D eigenvalue weighted by atomic mass is 79.9. The number of nitrogens with one attached hydrogen (secondary N) is 1. The van der Waals surface area contributed by atoms with E-state index in [0.29, 0.717) is 11.2 Å². The number of benzene rings is 1. The maximum absolute atomic E-state index is 12.3. The third-order valence-corrected chi connectivity index (χ3v) is 5.19. The fraction of sp³-hybridized carbons (Fsp3) is 0.200. The molecule has 21 heavy (non-hydrogen) atoms. The minimum atomic E-state index is -0.0937. The first-order valence-electron chi connectivity index (χ1n) is 6.35. The third kappa shape index (κ3) is 2.38. The van der Waals surface area contributed by atoms with Gasteiger partial charge >= 0.3 is 0 Å². The van der Waals surface area contributed by atoms with Gasteiger partial charge in [-0.3, -0.25) is 4.79 Å². The fourth-order valence-electron chi connectivity index (χ4n) is 2.21. The molecule has 0 saturated heterocycles. The number of hydrogen-bond donors (Lipinski definition) is 1. The van der Waals surface area contributed by atoms with Crippen molar-refractivity contribution in [3.05, 3.63) is 43.5 Å². The standard InChI is InChI=1S/C15H13BrN2O2S/c1-7-8(2)21-15-12(7)14(19)17-13(18-15)9-4-5-11(20-3)10(16)6-9/h4-6H,1-3H3,(H,17,18,19). The van der Waals surface area contributed by atoms with Crippen LogP contribution < -0.4 is 10.3 Å². The number of aromatic amines is 1. The molecule has 0 atom stereocenters. The predicted molar refractivity (Wildman–Crippen MR) is 89.4 cm³/mol. The van der Waals surface area contributed by atoms with Gasteiger partial charge < -0.3 is 9.72 Å². The molecule has 6 heteroatoms. The molecule has 0 amide bonds. The second-order valence-electron chi connectivity index (χ2n) is 4.73. The van der Waals surface area contributed by atoms with Crippen molar-refractivity contribution in [2.24, 2.45) is 0 Å². The summed E-state index contributed by atoms with van der Waals surface area (Å²) in [4.78, 5) is 21.6. The molecule has 0 aliphatic carbocycles. The normalized spacial score (nSPS) is 11.0. The molecule has 4 nitrogen and oxygen atoms in total.